The zero-order valence-electron chi connectivity index (χ0n) is 8.46. The van der Waals surface area contributed by atoms with Gasteiger partial charge in [0.05, 0.1) is 0 Å². The molecule has 0 aromatic carbocycles. The van der Waals surface area contributed by atoms with Crippen molar-refractivity contribution in [3.63, 3.8) is 0 Å². The number of thiophene rings is 1. The minimum absolute atomic E-state index is 0.720. The second-order valence-electron chi connectivity index (χ2n) is 3.88. The first-order valence-electron chi connectivity index (χ1n) is 5.40. The van der Waals surface area contributed by atoms with Crippen molar-refractivity contribution in [1.82, 2.24) is 10.6 Å². The highest BCUT2D eigenvalue weighted by Crippen LogP contribution is 2.06. The summed E-state index contributed by atoms with van der Waals surface area (Å²) in [6, 6.07) is 2.93. The first kappa shape index (κ1) is 10.1. The molecule has 1 aliphatic rings. The van der Waals surface area contributed by atoms with Gasteiger partial charge in [-0.15, -0.1) is 0 Å². The molecule has 0 amide bonds. The standard InChI is InChI=1S/C11H18N2S/c1-2-11(13-5-1)8-12-6-3-10-4-7-14-9-10/h4,7,9,11-13H,1-3,5-6,8H2. The summed E-state index contributed by atoms with van der Waals surface area (Å²) in [7, 11) is 0. The lowest BCUT2D eigenvalue weighted by Gasteiger charge is -2.10. The molecule has 2 N–H and O–H groups in total. The molecule has 0 bridgehead atoms. The SMILES string of the molecule is c1cc(CCNCC2CCCN2)cs1. The Labute approximate surface area is 89.7 Å². The Morgan fingerprint density at radius 2 is 2.57 bits per heavy atom. The first-order valence-corrected chi connectivity index (χ1v) is 6.34. The Balaban J connectivity index is 1.55. The summed E-state index contributed by atoms with van der Waals surface area (Å²) in [5.41, 5.74) is 1.46. The van der Waals surface area contributed by atoms with Crippen LogP contribution in [-0.2, 0) is 6.42 Å². The second-order valence-corrected chi connectivity index (χ2v) is 4.66. The fraction of sp³-hybridized carbons (Fsp3) is 0.636. The molecule has 1 unspecified atom stereocenters. The maximum atomic E-state index is 3.51. The van der Waals surface area contributed by atoms with E-state index in [9.17, 15) is 0 Å². The summed E-state index contributed by atoms with van der Waals surface area (Å²) in [6.45, 7) is 3.44. The van der Waals surface area contributed by atoms with Crippen molar-refractivity contribution in [3.8, 4) is 0 Å². The molecule has 2 rings (SSSR count). The molecule has 1 atom stereocenters. The Bertz CT molecular complexity index is 240. The zero-order valence-corrected chi connectivity index (χ0v) is 9.28. The van der Waals surface area contributed by atoms with Gasteiger partial charge in [0.2, 0.25) is 0 Å². The number of hydrogen-bond donors (Lipinski definition) is 2. The van der Waals surface area contributed by atoms with E-state index >= 15 is 0 Å². The molecule has 1 aromatic heterocycles. The van der Waals surface area contributed by atoms with E-state index in [1.807, 2.05) is 0 Å². The molecular weight excluding hydrogens is 192 g/mol. The molecule has 0 spiro atoms. The molecule has 3 heteroatoms. The van der Waals surface area contributed by atoms with Crippen molar-refractivity contribution in [3.05, 3.63) is 22.4 Å². The summed E-state index contributed by atoms with van der Waals surface area (Å²) >= 11 is 1.78. The molecule has 1 aromatic rings. The van der Waals surface area contributed by atoms with Gasteiger partial charge < -0.3 is 10.6 Å². The maximum Gasteiger partial charge on any atom is 0.0192 e. The van der Waals surface area contributed by atoms with Crippen LogP contribution in [0.1, 0.15) is 18.4 Å². The van der Waals surface area contributed by atoms with Gasteiger partial charge in [-0.3, -0.25) is 0 Å². The molecule has 2 nitrogen and oxygen atoms in total. The van der Waals surface area contributed by atoms with Crippen LogP contribution in [0.3, 0.4) is 0 Å². The van der Waals surface area contributed by atoms with Crippen molar-refractivity contribution in [1.29, 1.82) is 0 Å². The highest BCUT2D eigenvalue weighted by molar-refractivity contribution is 7.07. The van der Waals surface area contributed by atoms with Gasteiger partial charge in [-0.25, -0.2) is 0 Å². The van der Waals surface area contributed by atoms with Crippen LogP contribution in [0, 0.1) is 0 Å². The average Bonchev–Trinajstić information content (AvgIpc) is 2.86. The van der Waals surface area contributed by atoms with Crippen LogP contribution in [0.5, 0.6) is 0 Å². The predicted molar refractivity (Wildman–Crippen MR) is 61.9 cm³/mol. The highest BCUT2D eigenvalue weighted by atomic mass is 32.1. The molecule has 0 radical (unpaired) electrons. The van der Waals surface area contributed by atoms with Crippen LogP contribution in [-0.4, -0.2) is 25.7 Å². The third-order valence-electron chi connectivity index (χ3n) is 2.72. The highest BCUT2D eigenvalue weighted by Gasteiger charge is 2.12. The molecule has 0 aliphatic carbocycles. The van der Waals surface area contributed by atoms with E-state index in [4.69, 9.17) is 0 Å². The van der Waals surface area contributed by atoms with Gasteiger partial charge in [-0.05, 0) is 54.7 Å². The van der Waals surface area contributed by atoms with Crippen LogP contribution in [0.4, 0.5) is 0 Å². The third kappa shape index (κ3) is 3.08. The summed E-state index contributed by atoms with van der Waals surface area (Å²) in [5, 5.41) is 11.4. The third-order valence-corrected chi connectivity index (χ3v) is 3.46. The summed E-state index contributed by atoms with van der Waals surface area (Å²) in [5.74, 6) is 0. The lowest BCUT2D eigenvalue weighted by Crippen LogP contribution is -2.34. The van der Waals surface area contributed by atoms with E-state index in [1.54, 1.807) is 11.3 Å². The Hall–Kier alpha value is -0.380. The van der Waals surface area contributed by atoms with E-state index in [0.29, 0.717) is 0 Å². The topological polar surface area (TPSA) is 24.1 Å². The largest absolute Gasteiger partial charge is 0.315 e. The van der Waals surface area contributed by atoms with Crippen LogP contribution >= 0.6 is 11.3 Å². The minimum atomic E-state index is 0.720. The second kappa shape index (κ2) is 5.49. The maximum absolute atomic E-state index is 3.51. The number of hydrogen-bond acceptors (Lipinski definition) is 3. The van der Waals surface area contributed by atoms with Gasteiger partial charge in [-0.1, -0.05) is 0 Å². The average molecular weight is 210 g/mol. The smallest absolute Gasteiger partial charge is 0.0192 e. The zero-order chi connectivity index (χ0) is 9.64. The van der Waals surface area contributed by atoms with Crippen molar-refractivity contribution >= 4 is 11.3 Å². The predicted octanol–water partition coefficient (Wildman–Crippen LogP) is 1.63. The van der Waals surface area contributed by atoms with Gasteiger partial charge in [-0.2, -0.15) is 11.3 Å². The molecule has 1 saturated heterocycles. The Kier molecular flexibility index (Phi) is 3.98. The molecule has 1 aliphatic heterocycles. The summed E-state index contributed by atoms with van der Waals surface area (Å²) in [6.07, 6.45) is 3.85. The van der Waals surface area contributed by atoms with E-state index in [-0.39, 0.29) is 0 Å². The van der Waals surface area contributed by atoms with Gasteiger partial charge in [0, 0.05) is 12.6 Å². The quantitative estimate of drug-likeness (QED) is 0.722. The van der Waals surface area contributed by atoms with Crippen molar-refractivity contribution < 1.29 is 0 Å². The van der Waals surface area contributed by atoms with Crippen molar-refractivity contribution in [2.75, 3.05) is 19.6 Å². The van der Waals surface area contributed by atoms with Gasteiger partial charge in [0.1, 0.15) is 0 Å². The van der Waals surface area contributed by atoms with Crippen LogP contribution < -0.4 is 10.6 Å². The first-order chi connectivity index (χ1) is 6.95. The summed E-state index contributed by atoms with van der Waals surface area (Å²) in [4.78, 5) is 0. The van der Waals surface area contributed by atoms with Gasteiger partial charge in [0.15, 0.2) is 0 Å². The van der Waals surface area contributed by atoms with Gasteiger partial charge >= 0.3 is 0 Å². The number of rotatable bonds is 5. The molecule has 0 saturated carbocycles. The molecule has 2 heterocycles. The Morgan fingerprint density at radius 3 is 3.29 bits per heavy atom. The number of nitrogens with one attached hydrogen (secondary N) is 2. The van der Waals surface area contributed by atoms with E-state index < -0.39 is 0 Å². The van der Waals surface area contributed by atoms with E-state index in [1.165, 1.54) is 24.9 Å². The monoisotopic (exact) mass is 210 g/mol. The molecular formula is C11H18N2S. The summed E-state index contributed by atoms with van der Waals surface area (Å²) < 4.78 is 0. The van der Waals surface area contributed by atoms with Crippen molar-refractivity contribution in [2.24, 2.45) is 0 Å². The van der Waals surface area contributed by atoms with Crippen LogP contribution in [0.2, 0.25) is 0 Å². The van der Waals surface area contributed by atoms with Crippen molar-refractivity contribution in [2.45, 2.75) is 25.3 Å². The normalized spacial score (nSPS) is 21.6. The minimum Gasteiger partial charge on any atom is -0.315 e. The Morgan fingerprint density at radius 1 is 1.57 bits per heavy atom. The van der Waals surface area contributed by atoms with Crippen LogP contribution in [0.25, 0.3) is 0 Å². The lowest BCUT2D eigenvalue weighted by molar-refractivity contribution is 0.538. The lowest BCUT2D eigenvalue weighted by atomic mass is 10.2. The van der Waals surface area contributed by atoms with E-state index in [0.717, 1.165) is 25.6 Å². The molecule has 14 heavy (non-hydrogen) atoms. The van der Waals surface area contributed by atoms with Crippen LogP contribution in [0.15, 0.2) is 16.8 Å². The van der Waals surface area contributed by atoms with Gasteiger partial charge in [0.25, 0.3) is 0 Å². The molecule has 78 valence electrons. The fourth-order valence-corrected chi connectivity index (χ4v) is 2.58. The van der Waals surface area contributed by atoms with E-state index in [2.05, 4.69) is 27.5 Å². The molecule has 1 fully saturated rings. The fourth-order valence-electron chi connectivity index (χ4n) is 1.87.